The summed E-state index contributed by atoms with van der Waals surface area (Å²) in [7, 11) is 0. The Morgan fingerprint density at radius 3 is 2.09 bits per heavy atom. The SMILES string of the molecule is CC(NC(=O)OCC1c2ccccc2-c2ccccc21)C(=O)N(CCCC(=O)O)C(C)C. The Balaban J connectivity index is 1.58. The molecule has 0 fully saturated rings. The highest BCUT2D eigenvalue weighted by molar-refractivity contribution is 5.85. The van der Waals surface area contributed by atoms with Crippen molar-refractivity contribution in [1.82, 2.24) is 10.2 Å². The molecule has 7 heteroatoms. The number of amides is 2. The lowest BCUT2D eigenvalue weighted by atomic mass is 9.98. The van der Waals surface area contributed by atoms with Gasteiger partial charge in [-0.2, -0.15) is 0 Å². The summed E-state index contributed by atoms with van der Waals surface area (Å²) in [6.07, 6.45) is -0.302. The number of nitrogens with zero attached hydrogens (tertiary/aromatic N) is 1. The summed E-state index contributed by atoms with van der Waals surface area (Å²) in [5, 5.41) is 11.4. The Morgan fingerprint density at radius 2 is 1.56 bits per heavy atom. The average Bonchev–Trinajstić information content (AvgIpc) is 3.08. The van der Waals surface area contributed by atoms with Crippen LogP contribution in [0.4, 0.5) is 4.79 Å². The Morgan fingerprint density at radius 1 is 1.00 bits per heavy atom. The second-order valence-corrected chi connectivity index (χ2v) is 8.31. The summed E-state index contributed by atoms with van der Waals surface area (Å²) in [5.74, 6) is -1.22. The molecule has 170 valence electrons. The minimum absolute atomic E-state index is 0.00924. The van der Waals surface area contributed by atoms with Crippen LogP contribution in [0.15, 0.2) is 48.5 Å². The lowest BCUT2D eigenvalue weighted by molar-refractivity contribution is -0.139. The quantitative estimate of drug-likeness (QED) is 0.617. The molecule has 7 nitrogen and oxygen atoms in total. The fraction of sp³-hybridized carbons (Fsp3) is 0.400. The number of hydrogen-bond donors (Lipinski definition) is 2. The van der Waals surface area contributed by atoms with Crippen molar-refractivity contribution in [3.05, 3.63) is 59.7 Å². The van der Waals surface area contributed by atoms with Crippen molar-refractivity contribution in [3.63, 3.8) is 0 Å². The van der Waals surface area contributed by atoms with Crippen molar-refractivity contribution in [2.75, 3.05) is 13.2 Å². The molecule has 1 atom stereocenters. The number of fused-ring (bicyclic) bond motifs is 3. The third-order valence-electron chi connectivity index (χ3n) is 5.74. The van der Waals surface area contributed by atoms with Crippen molar-refractivity contribution < 1.29 is 24.2 Å². The fourth-order valence-corrected chi connectivity index (χ4v) is 4.15. The largest absolute Gasteiger partial charge is 0.481 e. The van der Waals surface area contributed by atoms with Crippen LogP contribution < -0.4 is 5.32 Å². The van der Waals surface area contributed by atoms with Crippen LogP contribution in [-0.2, 0) is 14.3 Å². The summed E-state index contributed by atoms with van der Waals surface area (Å²) < 4.78 is 5.51. The summed E-state index contributed by atoms with van der Waals surface area (Å²) >= 11 is 0. The van der Waals surface area contributed by atoms with Gasteiger partial charge in [-0.3, -0.25) is 9.59 Å². The van der Waals surface area contributed by atoms with Crippen LogP contribution in [0.5, 0.6) is 0 Å². The van der Waals surface area contributed by atoms with E-state index in [1.54, 1.807) is 11.8 Å². The second-order valence-electron chi connectivity index (χ2n) is 8.31. The van der Waals surface area contributed by atoms with E-state index >= 15 is 0 Å². The van der Waals surface area contributed by atoms with Crippen LogP contribution in [0.2, 0.25) is 0 Å². The highest BCUT2D eigenvalue weighted by atomic mass is 16.5. The number of benzene rings is 2. The number of ether oxygens (including phenoxy) is 1. The number of alkyl carbamates (subject to hydrolysis) is 1. The van der Waals surface area contributed by atoms with Crippen LogP contribution in [0.3, 0.4) is 0 Å². The molecule has 1 aliphatic carbocycles. The summed E-state index contributed by atoms with van der Waals surface area (Å²) in [5.41, 5.74) is 4.54. The molecular weight excluding hydrogens is 408 g/mol. The van der Waals surface area contributed by atoms with Gasteiger partial charge in [-0.15, -0.1) is 0 Å². The maximum Gasteiger partial charge on any atom is 0.407 e. The van der Waals surface area contributed by atoms with Gasteiger partial charge < -0.3 is 20.1 Å². The number of aliphatic carboxylic acids is 1. The fourth-order valence-electron chi connectivity index (χ4n) is 4.15. The first kappa shape index (κ1) is 23.3. The van der Waals surface area contributed by atoms with Gasteiger partial charge in [-0.05, 0) is 49.4 Å². The highest BCUT2D eigenvalue weighted by Gasteiger charge is 2.30. The van der Waals surface area contributed by atoms with Crippen LogP contribution in [0.25, 0.3) is 11.1 Å². The van der Waals surface area contributed by atoms with Crippen molar-refractivity contribution >= 4 is 18.0 Å². The predicted molar refractivity (Wildman–Crippen MR) is 121 cm³/mol. The van der Waals surface area contributed by atoms with Gasteiger partial charge in [0.05, 0.1) is 0 Å². The molecule has 0 spiro atoms. The van der Waals surface area contributed by atoms with E-state index in [9.17, 15) is 14.4 Å². The first-order chi connectivity index (χ1) is 15.3. The van der Waals surface area contributed by atoms with E-state index in [4.69, 9.17) is 9.84 Å². The van der Waals surface area contributed by atoms with Gasteiger partial charge >= 0.3 is 12.1 Å². The van der Waals surface area contributed by atoms with Crippen molar-refractivity contribution in [3.8, 4) is 11.1 Å². The highest BCUT2D eigenvalue weighted by Crippen LogP contribution is 2.44. The normalized spacial score (nSPS) is 13.2. The molecular formula is C25H30N2O5. The standard InChI is InChI=1S/C25H30N2O5/c1-16(2)27(14-8-13-23(28)29)24(30)17(3)26-25(31)32-15-22-20-11-6-4-9-18(20)19-10-5-7-12-21(19)22/h4-7,9-12,16-17,22H,8,13-15H2,1-3H3,(H,26,31)(H,28,29). The van der Waals surface area contributed by atoms with E-state index in [1.807, 2.05) is 50.2 Å². The predicted octanol–water partition coefficient (Wildman–Crippen LogP) is 4.02. The molecule has 0 aromatic heterocycles. The summed E-state index contributed by atoms with van der Waals surface area (Å²) in [6, 6.07) is 15.3. The lowest BCUT2D eigenvalue weighted by Gasteiger charge is -2.29. The number of carboxylic acid groups (broad SMARTS) is 1. The topological polar surface area (TPSA) is 95.9 Å². The van der Waals surface area contributed by atoms with Gasteiger partial charge in [0, 0.05) is 24.9 Å². The Hall–Kier alpha value is -3.35. The van der Waals surface area contributed by atoms with E-state index in [-0.39, 0.29) is 30.9 Å². The van der Waals surface area contributed by atoms with E-state index in [2.05, 4.69) is 17.4 Å². The molecule has 1 unspecified atom stereocenters. The smallest absolute Gasteiger partial charge is 0.407 e. The van der Waals surface area contributed by atoms with Crippen LogP contribution in [0, 0.1) is 0 Å². The second kappa shape index (κ2) is 10.3. The molecule has 0 saturated carbocycles. The number of nitrogens with one attached hydrogen (secondary N) is 1. The molecule has 0 bridgehead atoms. The summed E-state index contributed by atoms with van der Waals surface area (Å²) in [6.45, 7) is 5.82. The molecule has 2 amide bonds. The molecule has 2 aromatic rings. The van der Waals surface area contributed by atoms with Crippen LogP contribution >= 0.6 is 0 Å². The Kier molecular flexibility index (Phi) is 7.51. The van der Waals surface area contributed by atoms with Gasteiger partial charge in [0.15, 0.2) is 0 Å². The van der Waals surface area contributed by atoms with Gasteiger partial charge in [0.1, 0.15) is 12.6 Å². The van der Waals surface area contributed by atoms with Gasteiger partial charge in [-0.1, -0.05) is 48.5 Å². The maximum atomic E-state index is 12.8. The van der Waals surface area contributed by atoms with Gasteiger partial charge in [0.2, 0.25) is 5.91 Å². The molecule has 2 aromatic carbocycles. The molecule has 0 heterocycles. The van der Waals surface area contributed by atoms with Crippen molar-refractivity contribution in [2.24, 2.45) is 0 Å². The third kappa shape index (κ3) is 5.28. The van der Waals surface area contributed by atoms with Gasteiger partial charge in [0.25, 0.3) is 0 Å². The van der Waals surface area contributed by atoms with E-state index in [1.165, 1.54) is 0 Å². The molecule has 3 rings (SSSR count). The molecule has 0 aliphatic heterocycles. The lowest BCUT2D eigenvalue weighted by Crippen LogP contribution is -2.49. The number of carbonyl (C=O) groups excluding carboxylic acids is 2. The minimum Gasteiger partial charge on any atom is -0.481 e. The van der Waals surface area contributed by atoms with Crippen molar-refractivity contribution in [2.45, 2.75) is 51.6 Å². The van der Waals surface area contributed by atoms with E-state index in [0.717, 1.165) is 22.3 Å². The number of hydrogen-bond acceptors (Lipinski definition) is 4. The maximum absolute atomic E-state index is 12.8. The molecule has 32 heavy (non-hydrogen) atoms. The monoisotopic (exact) mass is 438 g/mol. The minimum atomic E-state index is -0.897. The Bertz CT molecular complexity index is 942. The number of rotatable bonds is 9. The molecule has 0 saturated heterocycles. The zero-order valence-corrected chi connectivity index (χ0v) is 18.7. The molecule has 1 aliphatic rings. The molecule has 0 radical (unpaired) electrons. The van der Waals surface area contributed by atoms with E-state index in [0.29, 0.717) is 13.0 Å². The third-order valence-corrected chi connectivity index (χ3v) is 5.74. The van der Waals surface area contributed by atoms with Crippen LogP contribution in [0.1, 0.15) is 50.7 Å². The zero-order valence-electron chi connectivity index (χ0n) is 18.7. The number of carboxylic acids is 1. The molecule has 2 N–H and O–H groups in total. The van der Waals surface area contributed by atoms with Crippen LogP contribution in [-0.4, -0.2) is 53.2 Å². The van der Waals surface area contributed by atoms with E-state index < -0.39 is 18.1 Å². The first-order valence-corrected chi connectivity index (χ1v) is 10.9. The average molecular weight is 439 g/mol. The Labute approximate surface area is 188 Å². The number of carbonyl (C=O) groups is 3. The summed E-state index contributed by atoms with van der Waals surface area (Å²) in [4.78, 5) is 37.6. The van der Waals surface area contributed by atoms with Crippen molar-refractivity contribution in [1.29, 1.82) is 0 Å². The zero-order chi connectivity index (χ0) is 23.3. The first-order valence-electron chi connectivity index (χ1n) is 10.9. The van der Waals surface area contributed by atoms with Gasteiger partial charge in [-0.25, -0.2) is 4.79 Å².